The number of hydrogen-bond acceptors (Lipinski definition) is 4. The van der Waals surface area contributed by atoms with Gasteiger partial charge >= 0.3 is 0 Å². The minimum absolute atomic E-state index is 0.555. The first-order valence-electron chi connectivity index (χ1n) is 9.21. The van der Waals surface area contributed by atoms with Crippen molar-refractivity contribution in [2.24, 2.45) is 4.99 Å². The van der Waals surface area contributed by atoms with Gasteiger partial charge in [0.25, 0.3) is 0 Å². The van der Waals surface area contributed by atoms with Gasteiger partial charge in [0, 0.05) is 36.9 Å². The molecule has 25 heavy (non-hydrogen) atoms. The van der Waals surface area contributed by atoms with Gasteiger partial charge in [-0.3, -0.25) is 4.99 Å². The van der Waals surface area contributed by atoms with Crippen molar-refractivity contribution >= 4 is 17.3 Å². The molecule has 1 fully saturated rings. The van der Waals surface area contributed by atoms with Crippen molar-refractivity contribution in [1.82, 2.24) is 15.6 Å². The van der Waals surface area contributed by atoms with Crippen molar-refractivity contribution in [1.29, 1.82) is 0 Å². The first-order chi connectivity index (χ1) is 12.2. The van der Waals surface area contributed by atoms with Crippen LogP contribution in [0.2, 0.25) is 0 Å². The van der Waals surface area contributed by atoms with E-state index in [2.05, 4.69) is 29.5 Å². The molecule has 2 aromatic rings. The lowest BCUT2D eigenvalue weighted by molar-refractivity contribution is 0.506. The molecule has 2 N–H and O–H groups in total. The topological polar surface area (TPSA) is 62.5 Å². The van der Waals surface area contributed by atoms with Crippen LogP contribution < -0.4 is 10.6 Å². The lowest BCUT2D eigenvalue weighted by Gasteiger charge is -2.17. The summed E-state index contributed by atoms with van der Waals surface area (Å²) in [5, 5.41) is 8.22. The second-order valence-corrected chi connectivity index (χ2v) is 7.90. The first-order valence-corrected chi connectivity index (χ1v) is 10.0. The molecule has 2 aromatic heterocycles. The zero-order chi connectivity index (χ0) is 17.5. The maximum atomic E-state index is 5.39. The molecule has 1 aliphatic rings. The van der Waals surface area contributed by atoms with E-state index in [0.29, 0.717) is 6.04 Å². The van der Waals surface area contributed by atoms with Crippen molar-refractivity contribution in [2.75, 3.05) is 13.1 Å². The number of aromatic nitrogens is 1. The molecule has 6 heteroatoms. The zero-order valence-electron chi connectivity index (χ0n) is 15.2. The smallest absolute Gasteiger partial charge is 0.191 e. The number of rotatable bonds is 7. The highest BCUT2D eigenvalue weighted by Crippen LogP contribution is 2.18. The second-order valence-electron chi connectivity index (χ2n) is 6.61. The summed E-state index contributed by atoms with van der Waals surface area (Å²) in [7, 11) is 0. The predicted molar refractivity (Wildman–Crippen MR) is 103 cm³/mol. The van der Waals surface area contributed by atoms with E-state index < -0.39 is 0 Å². The van der Waals surface area contributed by atoms with Gasteiger partial charge < -0.3 is 15.1 Å². The molecular formula is C19H28N4OS. The third kappa shape index (κ3) is 5.59. The molecule has 0 aliphatic heterocycles. The molecule has 0 amide bonds. The van der Waals surface area contributed by atoms with E-state index in [0.717, 1.165) is 43.3 Å². The summed E-state index contributed by atoms with van der Waals surface area (Å²) in [5.41, 5.74) is 1.14. The van der Waals surface area contributed by atoms with Gasteiger partial charge in [0.15, 0.2) is 5.96 Å². The van der Waals surface area contributed by atoms with Gasteiger partial charge in [-0.05, 0) is 38.8 Å². The molecule has 0 unspecified atom stereocenters. The van der Waals surface area contributed by atoms with E-state index >= 15 is 0 Å². The van der Waals surface area contributed by atoms with E-state index in [-0.39, 0.29) is 0 Å². The summed E-state index contributed by atoms with van der Waals surface area (Å²) in [6.07, 6.45) is 8.59. The summed E-state index contributed by atoms with van der Waals surface area (Å²) in [4.78, 5) is 10.7. The number of hydrogen-bond donors (Lipinski definition) is 2. The Labute approximate surface area is 154 Å². The summed E-state index contributed by atoms with van der Waals surface area (Å²) >= 11 is 1.78. The molecule has 1 saturated carbocycles. The Morgan fingerprint density at radius 1 is 1.32 bits per heavy atom. The standard InChI is InChI=1S/C19H28N4OS/c1-14-15(2)25-18(22-14)10-12-21-19(23-16-6-3-4-7-16)20-11-9-17-8-5-13-24-17/h5,8,13,16H,3-4,6-7,9-12H2,1-2H3,(H2,20,21,23). The van der Waals surface area contributed by atoms with Gasteiger partial charge in [-0.25, -0.2) is 4.98 Å². The first kappa shape index (κ1) is 18.0. The monoisotopic (exact) mass is 360 g/mol. The SMILES string of the molecule is Cc1nc(CCN=C(NCCc2ccco2)NC2CCCC2)sc1C. The Kier molecular flexibility index (Phi) is 6.50. The van der Waals surface area contributed by atoms with Gasteiger partial charge in [-0.2, -0.15) is 0 Å². The highest BCUT2D eigenvalue weighted by molar-refractivity contribution is 7.11. The molecule has 0 radical (unpaired) electrons. The zero-order valence-corrected chi connectivity index (χ0v) is 16.0. The van der Waals surface area contributed by atoms with Crippen molar-refractivity contribution in [3.63, 3.8) is 0 Å². The van der Waals surface area contributed by atoms with Gasteiger partial charge in [0.1, 0.15) is 5.76 Å². The number of aliphatic imine (C=N–C) groups is 1. The molecule has 0 spiro atoms. The molecule has 0 atom stereocenters. The molecular weight excluding hydrogens is 332 g/mol. The quantitative estimate of drug-likeness (QED) is 0.585. The van der Waals surface area contributed by atoms with Crippen molar-refractivity contribution in [3.8, 4) is 0 Å². The summed E-state index contributed by atoms with van der Waals surface area (Å²) in [5.74, 6) is 1.92. The second kappa shape index (κ2) is 9.04. The highest BCUT2D eigenvalue weighted by Gasteiger charge is 2.16. The van der Waals surface area contributed by atoms with Gasteiger partial charge in [0.05, 0.1) is 17.0 Å². The normalized spacial score (nSPS) is 15.7. The Morgan fingerprint density at radius 2 is 2.16 bits per heavy atom. The van der Waals surface area contributed by atoms with Crippen LogP contribution in [0.1, 0.15) is 47.0 Å². The number of furan rings is 1. The Hall–Kier alpha value is -1.82. The summed E-state index contributed by atoms with van der Waals surface area (Å²) in [6.45, 7) is 5.78. The number of guanidine groups is 1. The molecule has 3 rings (SSSR count). The van der Waals surface area contributed by atoms with Crippen molar-refractivity contribution in [3.05, 3.63) is 39.7 Å². The van der Waals surface area contributed by atoms with Crippen LogP contribution in [0.15, 0.2) is 27.8 Å². The molecule has 5 nitrogen and oxygen atoms in total. The van der Waals surface area contributed by atoms with Crippen LogP contribution >= 0.6 is 11.3 Å². The minimum Gasteiger partial charge on any atom is -0.469 e. The predicted octanol–water partition coefficient (Wildman–Crippen LogP) is 3.62. The number of nitrogens with one attached hydrogen (secondary N) is 2. The molecule has 2 heterocycles. The van der Waals surface area contributed by atoms with Crippen LogP contribution in [0.5, 0.6) is 0 Å². The third-order valence-corrected chi connectivity index (χ3v) is 5.74. The maximum Gasteiger partial charge on any atom is 0.191 e. The Bertz CT molecular complexity index is 652. The Morgan fingerprint density at radius 3 is 2.84 bits per heavy atom. The number of nitrogens with zero attached hydrogens (tertiary/aromatic N) is 2. The van der Waals surface area contributed by atoms with Crippen molar-refractivity contribution < 1.29 is 4.42 Å². The molecule has 136 valence electrons. The van der Waals surface area contributed by atoms with Crippen LogP contribution in [0.4, 0.5) is 0 Å². The van der Waals surface area contributed by atoms with Crippen LogP contribution in [0.25, 0.3) is 0 Å². The fraction of sp³-hybridized carbons (Fsp3) is 0.579. The van der Waals surface area contributed by atoms with E-state index in [4.69, 9.17) is 9.41 Å². The van der Waals surface area contributed by atoms with Gasteiger partial charge in [0.2, 0.25) is 0 Å². The summed E-state index contributed by atoms with van der Waals surface area (Å²) in [6, 6.07) is 4.49. The highest BCUT2D eigenvalue weighted by atomic mass is 32.1. The minimum atomic E-state index is 0.555. The van der Waals surface area contributed by atoms with E-state index in [1.54, 1.807) is 17.6 Å². The van der Waals surface area contributed by atoms with Crippen LogP contribution in [-0.4, -0.2) is 30.1 Å². The number of thiazole rings is 1. The molecule has 1 aliphatic carbocycles. The van der Waals surface area contributed by atoms with Crippen LogP contribution in [0, 0.1) is 13.8 Å². The van der Waals surface area contributed by atoms with E-state index in [1.807, 2.05) is 12.1 Å². The van der Waals surface area contributed by atoms with Crippen LogP contribution in [-0.2, 0) is 12.8 Å². The maximum absolute atomic E-state index is 5.39. The average Bonchev–Trinajstić information content (AvgIpc) is 3.32. The largest absolute Gasteiger partial charge is 0.469 e. The van der Waals surface area contributed by atoms with Crippen LogP contribution in [0.3, 0.4) is 0 Å². The third-order valence-electron chi connectivity index (χ3n) is 4.61. The fourth-order valence-corrected chi connectivity index (χ4v) is 4.01. The van der Waals surface area contributed by atoms with E-state index in [9.17, 15) is 0 Å². The summed E-state index contributed by atoms with van der Waals surface area (Å²) < 4.78 is 5.39. The van der Waals surface area contributed by atoms with Gasteiger partial charge in [-0.1, -0.05) is 12.8 Å². The molecule has 0 bridgehead atoms. The molecule has 0 saturated heterocycles. The Balaban J connectivity index is 1.52. The van der Waals surface area contributed by atoms with Crippen molar-refractivity contribution in [2.45, 2.75) is 58.4 Å². The van der Waals surface area contributed by atoms with E-state index in [1.165, 1.54) is 35.6 Å². The fourth-order valence-electron chi connectivity index (χ4n) is 3.08. The average molecular weight is 361 g/mol. The molecule has 0 aromatic carbocycles. The lowest BCUT2D eigenvalue weighted by atomic mass is 10.2. The lowest BCUT2D eigenvalue weighted by Crippen LogP contribution is -2.43. The van der Waals surface area contributed by atoms with Gasteiger partial charge in [-0.15, -0.1) is 11.3 Å². The number of aryl methyl sites for hydroxylation is 2.